The first-order valence-corrected chi connectivity index (χ1v) is 12.5. The molecule has 0 saturated carbocycles. The minimum absolute atomic E-state index is 0.0545. The van der Waals surface area contributed by atoms with Crippen LogP contribution in [-0.2, 0) is 6.42 Å². The molecule has 0 saturated heterocycles. The van der Waals surface area contributed by atoms with Crippen LogP contribution in [0.2, 0.25) is 0 Å². The molecule has 1 aliphatic rings. The molecule has 0 spiro atoms. The van der Waals surface area contributed by atoms with Crippen molar-refractivity contribution in [3.8, 4) is 33.3 Å². The van der Waals surface area contributed by atoms with Crippen LogP contribution in [0, 0.1) is 5.82 Å². The topological polar surface area (TPSA) is 91.0 Å². The molecule has 2 aromatic carbocycles. The zero-order chi connectivity index (χ0) is 25.0. The Hall–Kier alpha value is -4.17. The van der Waals surface area contributed by atoms with Crippen LogP contribution in [0.5, 0.6) is 10.9 Å². The Labute approximate surface area is 210 Å². The number of hydrogen-bond acceptors (Lipinski definition) is 4. The number of hydrogen-bond donors (Lipinski definition) is 3. The highest BCUT2D eigenvalue weighted by Crippen LogP contribution is 2.46. The lowest BCUT2D eigenvalue weighted by Crippen LogP contribution is -2.02. The lowest BCUT2D eigenvalue weighted by Gasteiger charge is -2.16. The third-order valence-corrected chi connectivity index (χ3v) is 7.13. The Morgan fingerprint density at radius 1 is 1.22 bits per heavy atom. The molecule has 3 aromatic heterocycles. The summed E-state index contributed by atoms with van der Waals surface area (Å²) in [5.41, 5.74) is 6.11. The molecular weight excluding hydrogens is 477 g/mol. The van der Waals surface area contributed by atoms with Gasteiger partial charge in [0.15, 0.2) is 0 Å². The zero-order valence-corrected chi connectivity index (χ0v) is 20.4. The third kappa shape index (κ3) is 3.61. The van der Waals surface area contributed by atoms with Crippen molar-refractivity contribution in [2.24, 2.45) is 0 Å². The Morgan fingerprint density at radius 2 is 2.08 bits per heavy atom. The number of fused-ring (bicyclic) bond motifs is 2. The molecule has 0 unspecified atom stereocenters. The number of aromatic carboxylic acids is 1. The number of aromatic amines is 2. The number of carboxylic acid groups (broad SMARTS) is 1. The van der Waals surface area contributed by atoms with E-state index in [-0.39, 0.29) is 11.6 Å². The SMILES string of the molecule is CC(C)c1c(-c2cc(F)cc3[nH]ccc23)[nH]c(C(=O)O)c1-c1cc(Oc2nccs2)cc2c1C=CC2. The summed E-state index contributed by atoms with van der Waals surface area (Å²) < 4.78 is 20.6. The van der Waals surface area contributed by atoms with E-state index >= 15 is 0 Å². The van der Waals surface area contributed by atoms with Crippen LogP contribution in [0.3, 0.4) is 0 Å². The van der Waals surface area contributed by atoms with Crippen LogP contribution in [0.15, 0.2) is 54.2 Å². The van der Waals surface area contributed by atoms with Gasteiger partial charge in [0.25, 0.3) is 5.19 Å². The number of allylic oxidation sites excluding steroid dienone is 1. The quantitative estimate of drug-likeness (QED) is 0.224. The van der Waals surface area contributed by atoms with Crippen LogP contribution < -0.4 is 4.74 Å². The van der Waals surface area contributed by atoms with Gasteiger partial charge in [-0.1, -0.05) is 37.3 Å². The second-order valence-corrected chi connectivity index (χ2v) is 9.92. The van der Waals surface area contributed by atoms with Crippen LogP contribution in [0.4, 0.5) is 4.39 Å². The minimum Gasteiger partial charge on any atom is -0.477 e. The molecule has 3 heterocycles. The molecule has 0 atom stereocenters. The number of aromatic nitrogens is 3. The average molecular weight is 500 g/mol. The maximum absolute atomic E-state index is 14.6. The highest BCUT2D eigenvalue weighted by Gasteiger charge is 2.29. The average Bonchev–Trinajstić information content (AvgIpc) is 3.63. The number of carbonyl (C=O) groups is 1. The molecule has 0 bridgehead atoms. The van der Waals surface area contributed by atoms with E-state index in [4.69, 9.17) is 4.74 Å². The van der Waals surface area contributed by atoms with E-state index in [0.717, 1.165) is 34.1 Å². The number of benzene rings is 2. The minimum atomic E-state index is -1.08. The van der Waals surface area contributed by atoms with Crippen molar-refractivity contribution in [2.45, 2.75) is 26.2 Å². The van der Waals surface area contributed by atoms with Crippen molar-refractivity contribution in [1.29, 1.82) is 0 Å². The van der Waals surface area contributed by atoms with Gasteiger partial charge in [-0.3, -0.25) is 0 Å². The largest absolute Gasteiger partial charge is 0.477 e. The summed E-state index contributed by atoms with van der Waals surface area (Å²) in [6.07, 6.45) is 8.23. The van der Waals surface area contributed by atoms with Crippen LogP contribution >= 0.6 is 11.3 Å². The van der Waals surface area contributed by atoms with E-state index < -0.39 is 11.8 Å². The number of H-pyrrole nitrogens is 2. The normalized spacial score (nSPS) is 12.6. The summed E-state index contributed by atoms with van der Waals surface area (Å²) in [6, 6.07) is 8.61. The molecule has 180 valence electrons. The Bertz CT molecular complexity index is 1660. The second-order valence-electron chi connectivity index (χ2n) is 9.07. The van der Waals surface area contributed by atoms with Gasteiger partial charge in [-0.25, -0.2) is 14.2 Å². The van der Waals surface area contributed by atoms with Gasteiger partial charge in [-0.2, -0.15) is 0 Å². The van der Waals surface area contributed by atoms with Crippen molar-refractivity contribution >= 4 is 34.3 Å². The number of nitrogens with zero attached hydrogens (tertiary/aromatic N) is 1. The zero-order valence-electron chi connectivity index (χ0n) is 19.6. The summed E-state index contributed by atoms with van der Waals surface area (Å²) in [5.74, 6) is -0.941. The molecule has 1 aliphatic carbocycles. The van der Waals surface area contributed by atoms with Crippen LogP contribution in [0.25, 0.3) is 39.4 Å². The summed E-state index contributed by atoms with van der Waals surface area (Å²) in [4.78, 5) is 23.0. The monoisotopic (exact) mass is 499 g/mol. The van der Waals surface area contributed by atoms with E-state index in [0.29, 0.717) is 33.3 Å². The van der Waals surface area contributed by atoms with Gasteiger partial charge in [-0.15, -0.1) is 0 Å². The smallest absolute Gasteiger partial charge is 0.352 e. The standard InChI is InChI=1S/C28H22FN3O3S/c1-14(2)23-24(20-13-17(35-28-31-8-9-36-28)10-15-4-3-5-18(15)20)26(27(33)34)32-25(23)21-11-16(29)12-22-19(21)6-7-30-22/h3,5-14,30,32H,4H2,1-2H3,(H,33,34). The lowest BCUT2D eigenvalue weighted by molar-refractivity contribution is 0.0692. The predicted molar refractivity (Wildman–Crippen MR) is 139 cm³/mol. The van der Waals surface area contributed by atoms with E-state index in [1.165, 1.54) is 23.5 Å². The van der Waals surface area contributed by atoms with Crippen LogP contribution in [-0.4, -0.2) is 26.0 Å². The van der Waals surface area contributed by atoms with Crippen molar-refractivity contribution in [3.05, 3.63) is 82.4 Å². The van der Waals surface area contributed by atoms with Gasteiger partial charge in [0, 0.05) is 39.8 Å². The number of nitrogens with one attached hydrogen (secondary N) is 2. The summed E-state index contributed by atoms with van der Waals surface area (Å²) in [7, 11) is 0. The highest BCUT2D eigenvalue weighted by atomic mass is 32.1. The number of ether oxygens (including phenoxy) is 1. The third-order valence-electron chi connectivity index (χ3n) is 6.48. The summed E-state index contributed by atoms with van der Waals surface area (Å²) in [5, 5.41) is 13.4. The lowest BCUT2D eigenvalue weighted by atomic mass is 9.87. The van der Waals surface area contributed by atoms with Gasteiger partial charge >= 0.3 is 5.97 Å². The maximum atomic E-state index is 14.6. The van der Waals surface area contributed by atoms with Crippen molar-refractivity contribution in [2.75, 3.05) is 0 Å². The fourth-order valence-corrected chi connectivity index (χ4v) is 5.57. The predicted octanol–water partition coefficient (Wildman–Crippen LogP) is 7.61. The first-order chi connectivity index (χ1) is 17.4. The van der Waals surface area contributed by atoms with E-state index in [1.54, 1.807) is 12.4 Å². The fourth-order valence-electron chi connectivity index (χ4n) is 5.06. The first kappa shape index (κ1) is 22.3. The number of carboxylic acids is 1. The molecule has 3 N–H and O–H groups in total. The number of rotatable bonds is 6. The van der Waals surface area contributed by atoms with Crippen LogP contribution in [0.1, 0.15) is 46.9 Å². The van der Waals surface area contributed by atoms with Crippen molar-refractivity contribution < 1.29 is 19.0 Å². The molecule has 0 radical (unpaired) electrons. The Kier molecular flexibility index (Phi) is 5.26. The number of halogens is 1. The van der Waals surface area contributed by atoms with Crippen molar-refractivity contribution in [3.63, 3.8) is 0 Å². The molecular formula is C28H22FN3O3S. The van der Waals surface area contributed by atoms with Crippen molar-refractivity contribution in [1.82, 2.24) is 15.0 Å². The Balaban J connectivity index is 1.65. The highest BCUT2D eigenvalue weighted by molar-refractivity contribution is 7.11. The summed E-state index contributed by atoms with van der Waals surface area (Å²) >= 11 is 1.39. The van der Waals surface area contributed by atoms with E-state index in [1.807, 2.05) is 43.5 Å². The molecule has 0 fully saturated rings. The van der Waals surface area contributed by atoms with Gasteiger partial charge in [0.1, 0.15) is 17.3 Å². The first-order valence-electron chi connectivity index (χ1n) is 11.6. The second kappa shape index (κ2) is 8.49. The molecule has 6 rings (SSSR count). The summed E-state index contributed by atoms with van der Waals surface area (Å²) in [6.45, 7) is 4.03. The van der Waals surface area contributed by atoms with Gasteiger partial charge in [0.05, 0.1) is 5.69 Å². The maximum Gasteiger partial charge on any atom is 0.352 e. The van der Waals surface area contributed by atoms with Gasteiger partial charge in [0.2, 0.25) is 0 Å². The molecule has 8 heteroatoms. The molecule has 36 heavy (non-hydrogen) atoms. The van der Waals surface area contributed by atoms with Gasteiger partial charge < -0.3 is 19.8 Å². The van der Waals surface area contributed by atoms with Gasteiger partial charge in [-0.05, 0) is 64.9 Å². The molecule has 5 aromatic rings. The number of thiazole rings is 1. The van der Waals surface area contributed by atoms with E-state index in [2.05, 4.69) is 21.0 Å². The molecule has 6 nitrogen and oxygen atoms in total. The fraction of sp³-hybridized carbons (Fsp3) is 0.143. The Morgan fingerprint density at radius 3 is 2.83 bits per heavy atom. The van der Waals surface area contributed by atoms with E-state index in [9.17, 15) is 14.3 Å². The molecule has 0 amide bonds. The molecule has 0 aliphatic heterocycles.